The second-order valence-corrected chi connectivity index (χ2v) is 4.25. The van der Waals surface area contributed by atoms with Crippen LogP contribution in [0.2, 0.25) is 0 Å². The van der Waals surface area contributed by atoms with Crippen molar-refractivity contribution in [2.75, 3.05) is 0 Å². The van der Waals surface area contributed by atoms with Gasteiger partial charge in [-0.2, -0.15) is 0 Å². The van der Waals surface area contributed by atoms with Gasteiger partial charge in [0.2, 0.25) is 0 Å². The van der Waals surface area contributed by atoms with E-state index in [1.807, 2.05) is 0 Å². The molecule has 3 atom stereocenters. The topological polar surface area (TPSA) is 26.3 Å². The molecule has 0 bridgehead atoms. The Kier molecular flexibility index (Phi) is 3.14. The fourth-order valence-electron chi connectivity index (χ4n) is 1.83. The number of ether oxygens (including phenoxy) is 1. The minimum absolute atomic E-state index is 0.128. The van der Waals surface area contributed by atoms with Crippen LogP contribution in [0.4, 0.5) is 4.39 Å². The molecule has 0 amide bonds. The van der Waals surface area contributed by atoms with Crippen LogP contribution < -0.4 is 0 Å². The van der Waals surface area contributed by atoms with Crippen LogP contribution in [0, 0.1) is 24.1 Å². The number of benzene rings is 1. The summed E-state index contributed by atoms with van der Waals surface area (Å²) in [5, 5.41) is 0. The van der Waals surface area contributed by atoms with Crippen LogP contribution >= 0.6 is 0 Å². The van der Waals surface area contributed by atoms with Crippen molar-refractivity contribution in [3.8, 4) is 12.3 Å². The van der Waals surface area contributed by atoms with Gasteiger partial charge >= 0.3 is 5.97 Å². The first-order chi connectivity index (χ1) is 8.11. The predicted octanol–water partition coefficient (Wildman–Crippen LogP) is 2.49. The van der Waals surface area contributed by atoms with Crippen molar-refractivity contribution in [1.29, 1.82) is 0 Å². The van der Waals surface area contributed by atoms with Crippen molar-refractivity contribution in [2.45, 2.75) is 25.4 Å². The summed E-state index contributed by atoms with van der Waals surface area (Å²) in [6.07, 6.45) is 5.40. The van der Waals surface area contributed by atoms with Crippen molar-refractivity contribution in [3.05, 3.63) is 35.6 Å². The highest BCUT2D eigenvalue weighted by molar-refractivity contribution is 5.77. The quantitative estimate of drug-likeness (QED) is 0.591. The molecule has 17 heavy (non-hydrogen) atoms. The number of carbonyl (C=O) groups excluding carboxylic acids is 1. The van der Waals surface area contributed by atoms with Crippen LogP contribution in [-0.4, -0.2) is 12.1 Å². The van der Waals surface area contributed by atoms with Gasteiger partial charge in [0.1, 0.15) is 5.82 Å². The number of terminal acetylenes is 1. The van der Waals surface area contributed by atoms with Crippen molar-refractivity contribution in [1.82, 2.24) is 0 Å². The fraction of sp³-hybridized carbons (Fsp3) is 0.357. The van der Waals surface area contributed by atoms with Gasteiger partial charge in [-0.05, 0) is 37.0 Å². The molecule has 1 aromatic rings. The molecule has 1 saturated carbocycles. The minimum atomic E-state index is -0.489. The molecule has 1 aromatic carbocycles. The molecule has 0 heterocycles. The first-order valence-corrected chi connectivity index (χ1v) is 5.54. The van der Waals surface area contributed by atoms with Gasteiger partial charge in [-0.15, -0.1) is 6.42 Å². The van der Waals surface area contributed by atoms with E-state index in [0.717, 1.165) is 12.0 Å². The van der Waals surface area contributed by atoms with E-state index < -0.39 is 6.10 Å². The van der Waals surface area contributed by atoms with Gasteiger partial charge in [0.15, 0.2) is 6.10 Å². The van der Waals surface area contributed by atoms with Crippen LogP contribution in [0.5, 0.6) is 0 Å². The number of carbonyl (C=O) groups is 1. The highest BCUT2D eigenvalue weighted by Gasteiger charge is 2.45. The van der Waals surface area contributed by atoms with E-state index in [1.165, 1.54) is 12.1 Å². The number of hydrogen-bond acceptors (Lipinski definition) is 2. The summed E-state index contributed by atoms with van der Waals surface area (Å²) in [7, 11) is 0. The summed E-state index contributed by atoms with van der Waals surface area (Å²) < 4.78 is 17.8. The molecule has 1 fully saturated rings. The largest absolute Gasteiger partial charge is 0.449 e. The lowest BCUT2D eigenvalue weighted by Crippen LogP contribution is -2.15. The maximum Gasteiger partial charge on any atom is 0.310 e. The van der Waals surface area contributed by atoms with E-state index in [4.69, 9.17) is 11.2 Å². The van der Waals surface area contributed by atoms with E-state index in [9.17, 15) is 9.18 Å². The van der Waals surface area contributed by atoms with Crippen LogP contribution in [0.25, 0.3) is 0 Å². The molecule has 3 unspecified atom stereocenters. The maximum atomic E-state index is 12.7. The summed E-state index contributed by atoms with van der Waals surface area (Å²) in [6.45, 7) is 1.66. The monoisotopic (exact) mass is 232 g/mol. The third kappa shape index (κ3) is 2.65. The maximum absolute atomic E-state index is 12.7. The molecular weight excluding hydrogens is 219 g/mol. The molecule has 2 rings (SSSR count). The van der Waals surface area contributed by atoms with E-state index in [2.05, 4.69) is 5.92 Å². The molecule has 88 valence electrons. The van der Waals surface area contributed by atoms with Gasteiger partial charge in [0.25, 0.3) is 0 Å². The minimum Gasteiger partial charge on any atom is -0.449 e. The molecule has 0 aliphatic heterocycles. The van der Waals surface area contributed by atoms with Gasteiger partial charge in [0.05, 0.1) is 5.92 Å². The molecule has 0 saturated heterocycles. The Hall–Kier alpha value is -1.82. The SMILES string of the molecule is C#CC(C)OC(=O)C1CC1c1ccc(F)cc1. The number of hydrogen-bond donors (Lipinski definition) is 0. The molecule has 0 spiro atoms. The zero-order valence-corrected chi connectivity index (χ0v) is 9.52. The van der Waals surface area contributed by atoms with Crippen molar-refractivity contribution in [2.24, 2.45) is 5.92 Å². The van der Waals surface area contributed by atoms with E-state index in [1.54, 1.807) is 19.1 Å². The Morgan fingerprint density at radius 2 is 2.18 bits per heavy atom. The first-order valence-electron chi connectivity index (χ1n) is 5.54. The van der Waals surface area contributed by atoms with Crippen LogP contribution in [0.3, 0.4) is 0 Å². The second-order valence-electron chi connectivity index (χ2n) is 4.25. The molecule has 2 nitrogen and oxygen atoms in total. The summed E-state index contributed by atoms with van der Waals surface area (Å²) in [6, 6.07) is 6.22. The lowest BCUT2D eigenvalue weighted by atomic mass is 10.1. The van der Waals surface area contributed by atoms with Gasteiger partial charge in [0, 0.05) is 0 Å². The lowest BCUT2D eigenvalue weighted by Gasteiger charge is -2.06. The van der Waals surface area contributed by atoms with Gasteiger partial charge in [-0.3, -0.25) is 4.79 Å². The molecular formula is C14H13FO2. The average Bonchev–Trinajstić information content (AvgIpc) is 3.10. The standard InChI is InChI=1S/C14H13FO2/c1-3-9(2)17-14(16)13-8-12(13)10-4-6-11(15)7-5-10/h1,4-7,9,12-13H,8H2,2H3. The number of halogens is 1. The van der Waals surface area contributed by atoms with Gasteiger partial charge < -0.3 is 4.74 Å². The molecule has 0 radical (unpaired) electrons. The fourth-order valence-corrected chi connectivity index (χ4v) is 1.83. The molecule has 3 heteroatoms. The molecule has 0 N–H and O–H groups in total. The van der Waals surface area contributed by atoms with Crippen molar-refractivity contribution >= 4 is 5.97 Å². The average molecular weight is 232 g/mol. The van der Waals surface area contributed by atoms with Crippen molar-refractivity contribution in [3.63, 3.8) is 0 Å². The Labute approximate surface area is 99.8 Å². The first kappa shape index (κ1) is 11.7. The normalized spacial score (nSPS) is 23.6. The molecule has 1 aliphatic carbocycles. The Morgan fingerprint density at radius 3 is 2.76 bits per heavy atom. The van der Waals surface area contributed by atoms with Gasteiger partial charge in [-0.25, -0.2) is 4.39 Å². The van der Waals surface area contributed by atoms with E-state index in [-0.39, 0.29) is 23.6 Å². The van der Waals surface area contributed by atoms with Crippen molar-refractivity contribution < 1.29 is 13.9 Å². The van der Waals surface area contributed by atoms with Crippen LogP contribution in [0.1, 0.15) is 24.8 Å². The molecule has 0 aromatic heterocycles. The third-order valence-corrected chi connectivity index (χ3v) is 2.92. The summed E-state index contributed by atoms with van der Waals surface area (Å²) >= 11 is 0. The predicted molar refractivity (Wildman–Crippen MR) is 61.6 cm³/mol. The summed E-state index contributed by atoms with van der Waals surface area (Å²) in [5.74, 6) is 1.84. The number of esters is 1. The number of rotatable bonds is 3. The molecule has 1 aliphatic rings. The lowest BCUT2D eigenvalue weighted by molar-refractivity contribution is -0.147. The zero-order valence-electron chi connectivity index (χ0n) is 9.52. The zero-order chi connectivity index (χ0) is 12.4. The van der Waals surface area contributed by atoms with E-state index in [0.29, 0.717) is 0 Å². The Morgan fingerprint density at radius 1 is 1.53 bits per heavy atom. The van der Waals surface area contributed by atoms with E-state index >= 15 is 0 Å². The summed E-state index contributed by atoms with van der Waals surface area (Å²) in [5.41, 5.74) is 0.974. The van der Waals surface area contributed by atoms with Gasteiger partial charge in [-0.1, -0.05) is 18.1 Å². The highest BCUT2D eigenvalue weighted by Crippen LogP contribution is 2.48. The highest BCUT2D eigenvalue weighted by atomic mass is 19.1. The smallest absolute Gasteiger partial charge is 0.310 e. The Balaban J connectivity index is 1.94. The summed E-state index contributed by atoms with van der Waals surface area (Å²) in [4.78, 5) is 11.6. The third-order valence-electron chi connectivity index (χ3n) is 2.92. The van der Waals surface area contributed by atoms with Crippen LogP contribution in [0.15, 0.2) is 24.3 Å². The Bertz CT molecular complexity index is 458. The second kappa shape index (κ2) is 4.58. The van der Waals surface area contributed by atoms with Crippen LogP contribution in [-0.2, 0) is 9.53 Å².